The molecule has 2 aromatic rings. The summed E-state index contributed by atoms with van der Waals surface area (Å²) < 4.78 is 24.4. The summed E-state index contributed by atoms with van der Waals surface area (Å²) in [6.07, 6.45) is 2.22. The van der Waals surface area contributed by atoms with Crippen molar-refractivity contribution >= 4 is 15.7 Å². The minimum Gasteiger partial charge on any atom is -0.383 e. The number of nitrogens with two attached hydrogens (primary N) is 1. The molecule has 0 aliphatic carbocycles. The van der Waals surface area contributed by atoms with Gasteiger partial charge in [0.25, 0.3) is 0 Å². The number of nitrogens with zero attached hydrogens (tertiary/aromatic N) is 3. The van der Waals surface area contributed by atoms with Crippen LogP contribution in [0.15, 0.2) is 35.5 Å². The van der Waals surface area contributed by atoms with Gasteiger partial charge in [-0.2, -0.15) is 5.10 Å². The van der Waals surface area contributed by atoms with E-state index in [9.17, 15) is 8.42 Å². The van der Waals surface area contributed by atoms with Crippen LogP contribution in [0.5, 0.6) is 0 Å². The fraction of sp³-hybridized carbons (Fsp3) is 0.273. The Morgan fingerprint density at radius 1 is 1.37 bits per heavy atom. The lowest BCUT2D eigenvalue weighted by Gasteiger charge is -2.09. The third kappa shape index (κ3) is 3.52. The maximum atomic E-state index is 11.4. The molecule has 0 fully saturated rings. The number of aromatic nitrogens is 3. The van der Waals surface area contributed by atoms with Crippen molar-refractivity contribution < 1.29 is 8.42 Å². The van der Waals surface area contributed by atoms with Crippen molar-refractivity contribution in [3.63, 3.8) is 0 Å². The Labute approximate surface area is 111 Å². The van der Waals surface area contributed by atoms with Crippen molar-refractivity contribution in [1.29, 1.82) is 0 Å². The minimum atomic E-state index is -3.72. The molecular weight excluding hydrogens is 266 g/mol. The first-order valence-corrected chi connectivity index (χ1v) is 7.21. The molecule has 7 nitrogen and oxygen atoms in total. The number of sulfonamides is 1. The number of rotatable bonds is 5. The van der Waals surface area contributed by atoms with Gasteiger partial charge in [-0.25, -0.2) is 18.5 Å². The first-order chi connectivity index (χ1) is 8.97. The highest BCUT2D eigenvalue weighted by Gasteiger charge is 2.12. The van der Waals surface area contributed by atoms with Crippen molar-refractivity contribution in [1.82, 2.24) is 14.8 Å². The normalized spacial score (nSPS) is 11.5. The second-order valence-corrected chi connectivity index (χ2v) is 5.58. The van der Waals surface area contributed by atoms with Gasteiger partial charge >= 0.3 is 0 Å². The topological polar surface area (TPSA) is 103 Å². The molecule has 3 N–H and O–H groups in total. The molecule has 19 heavy (non-hydrogen) atoms. The van der Waals surface area contributed by atoms with Gasteiger partial charge in [0.05, 0.1) is 5.69 Å². The van der Waals surface area contributed by atoms with E-state index in [1.807, 2.05) is 0 Å². The number of anilines is 1. The van der Waals surface area contributed by atoms with Crippen LogP contribution in [0.4, 0.5) is 5.69 Å². The van der Waals surface area contributed by atoms with Crippen LogP contribution in [0.3, 0.4) is 0 Å². The molecule has 0 aliphatic rings. The highest BCUT2D eigenvalue weighted by molar-refractivity contribution is 7.89. The zero-order valence-corrected chi connectivity index (χ0v) is 11.3. The van der Waals surface area contributed by atoms with Crippen LogP contribution in [0.1, 0.15) is 5.82 Å². The van der Waals surface area contributed by atoms with Crippen molar-refractivity contribution in [3.05, 3.63) is 36.4 Å². The van der Waals surface area contributed by atoms with E-state index in [1.54, 1.807) is 36.3 Å². The van der Waals surface area contributed by atoms with Gasteiger partial charge in [0.15, 0.2) is 5.82 Å². The third-order valence-corrected chi connectivity index (χ3v) is 3.47. The van der Waals surface area contributed by atoms with Crippen LogP contribution in [0.2, 0.25) is 0 Å². The van der Waals surface area contributed by atoms with E-state index in [-0.39, 0.29) is 4.90 Å². The molecule has 0 spiro atoms. The van der Waals surface area contributed by atoms with Crippen molar-refractivity contribution in [3.8, 4) is 0 Å². The predicted molar refractivity (Wildman–Crippen MR) is 71.0 cm³/mol. The zero-order chi connectivity index (χ0) is 13.9. The summed E-state index contributed by atoms with van der Waals surface area (Å²) in [6, 6.07) is 6.52. The SMILES string of the molecule is Cn1cnc(CCNc2ccccc2S(N)(=O)=O)n1. The maximum Gasteiger partial charge on any atom is 0.240 e. The van der Waals surface area contributed by atoms with E-state index in [0.717, 1.165) is 0 Å². The van der Waals surface area contributed by atoms with Crippen molar-refractivity contribution in [2.24, 2.45) is 12.2 Å². The van der Waals surface area contributed by atoms with Crippen LogP contribution in [0, 0.1) is 0 Å². The summed E-state index contributed by atoms with van der Waals surface area (Å²) in [6.45, 7) is 0.524. The maximum absolute atomic E-state index is 11.4. The van der Waals surface area contributed by atoms with Gasteiger partial charge in [-0.1, -0.05) is 12.1 Å². The summed E-state index contributed by atoms with van der Waals surface area (Å²) in [4.78, 5) is 4.17. The average molecular weight is 281 g/mol. The summed E-state index contributed by atoms with van der Waals surface area (Å²) in [5.74, 6) is 0.697. The zero-order valence-electron chi connectivity index (χ0n) is 10.4. The molecule has 1 heterocycles. The fourth-order valence-corrected chi connectivity index (χ4v) is 2.38. The fourth-order valence-electron chi connectivity index (χ4n) is 1.67. The van der Waals surface area contributed by atoms with Crippen LogP contribution >= 0.6 is 0 Å². The van der Waals surface area contributed by atoms with Crippen LogP contribution in [-0.2, 0) is 23.5 Å². The lowest BCUT2D eigenvalue weighted by molar-refractivity contribution is 0.598. The lowest BCUT2D eigenvalue weighted by atomic mass is 10.3. The molecule has 1 aromatic carbocycles. The molecule has 2 rings (SSSR count). The minimum absolute atomic E-state index is 0.0870. The van der Waals surface area contributed by atoms with E-state index >= 15 is 0 Å². The van der Waals surface area contributed by atoms with Crippen molar-refractivity contribution in [2.75, 3.05) is 11.9 Å². The van der Waals surface area contributed by atoms with E-state index in [2.05, 4.69) is 15.4 Å². The Morgan fingerprint density at radius 3 is 2.74 bits per heavy atom. The Balaban J connectivity index is 2.04. The van der Waals surface area contributed by atoms with E-state index in [4.69, 9.17) is 5.14 Å². The van der Waals surface area contributed by atoms with Crippen LogP contribution in [0.25, 0.3) is 0 Å². The number of nitrogens with one attached hydrogen (secondary N) is 1. The second-order valence-electron chi connectivity index (χ2n) is 4.05. The third-order valence-electron chi connectivity index (χ3n) is 2.50. The van der Waals surface area contributed by atoms with Gasteiger partial charge < -0.3 is 5.32 Å². The monoisotopic (exact) mass is 281 g/mol. The molecule has 0 amide bonds. The molecule has 0 aliphatic heterocycles. The van der Waals surface area contributed by atoms with Crippen molar-refractivity contribution in [2.45, 2.75) is 11.3 Å². The first-order valence-electron chi connectivity index (χ1n) is 5.67. The average Bonchev–Trinajstić information content (AvgIpc) is 2.74. The molecule has 0 bridgehead atoms. The molecule has 0 atom stereocenters. The number of para-hydroxylation sites is 1. The lowest BCUT2D eigenvalue weighted by Crippen LogP contribution is -2.16. The summed E-state index contributed by atoms with van der Waals surface area (Å²) >= 11 is 0. The molecular formula is C11H15N5O2S. The Hall–Kier alpha value is -1.93. The van der Waals surface area contributed by atoms with Gasteiger partial charge in [0, 0.05) is 20.0 Å². The number of aryl methyl sites for hydroxylation is 1. The summed E-state index contributed by atoms with van der Waals surface area (Å²) in [7, 11) is -1.93. The molecule has 0 radical (unpaired) electrons. The molecule has 0 unspecified atom stereocenters. The highest BCUT2D eigenvalue weighted by atomic mass is 32.2. The number of hydrogen-bond donors (Lipinski definition) is 2. The van der Waals surface area contributed by atoms with E-state index in [0.29, 0.717) is 24.5 Å². The molecule has 0 saturated carbocycles. The number of hydrogen-bond acceptors (Lipinski definition) is 5. The standard InChI is InChI=1S/C11H15N5O2S/c1-16-8-14-11(15-16)6-7-13-9-4-2-3-5-10(9)19(12,17)18/h2-5,8,13H,6-7H2,1H3,(H2,12,17,18). The predicted octanol–water partition coefficient (Wildman–Crippen LogP) is 0.117. The van der Waals surface area contributed by atoms with E-state index < -0.39 is 10.0 Å². The smallest absolute Gasteiger partial charge is 0.240 e. The Bertz CT molecular complexity index is 665. The Kier molecular flexibility index (Phi) is 3.82. The van der Waals surface area contributed by atoms with Gasteiger partial charge in [-0.15, -0.1) is 0 Å². The van der Waals surface area contributed by atoms with Gasteiger partial charge in [-0.05, 0) is 12.1 Å². The first kappa shape index (κ1) is 13.5. The quantitative estimate of drug-likeness (QED) is 0.810. The molecule has 1 aromatic heterocycles. The molecule has 8 heteroatoms. The summed E-state index contributed by atoms with van der Waals surface area (Å²) in [5, 5.41) is 12.3. The van der Waals surface area contributed by atoms with Crippen LogP contribution < -0.4 is 10.5 Å². The molecule has 102 valence electrons. The highest BCUT2D eigenvalue weighted by Crippen LogP contribution is 2.18. The van der Waals surface area contributed by atoms with Gasteiger partial charge in [0.1, 0.15) is 11.2 Å². The number of benzene rings is 1. The molecule has 0 saturated heterocycles. The second kappa shape index (κ2) is 5.37. The largest absolute Gasteiger partial charge is 0.383 e. The summed E-state index contributed by atoms with van der Waals surface area (Å²) in [5.41, 5.74) is 0.487. The number of primary sulfonamides is 1. The van der Waals surface area contributed by atoms with E-state index in [1.165, 1.54) is 6.07 Å². The van der Waals surface area contributed by atoms with Crippen LogP contribution in [-0.4, -0.2) is 29.7 Å². The van der Waals surface area contributed by atoms with Gasteiger partial charge in [0.2, 0.25) is 10.0 Å². The van der Waals surface area contributed by atoms with Gasteiger partial charge in [-0.3, -0.25) is 4.68 Å². The Morgan fingerprint density at radius 2 is 2.11 bits per heavy atom.